The highest BCUT2D eigenvalue weighted by Crippen LogP contribution is 2.16. The Kier molecular flexibility index (Phi) is 5.24. The van der Waals surface area contributed by atoms with Crippen LogP contribution in [0.2, 0.25) is 0 Å². The first-order valence-electron chi connectivity index (χ1n) is 5.32. The molecule has 17 heavy (non-hydrogen) atoms. The SMILES string of the molecule is Ic1ccccc1COCc1ccccc1I. The van der Waals surface area contributed by atoms with Gasteiger partial charge in [0.15, 0.2) is 0 Å². The molecule has 0 aliphatic carbocycles. The molecule has 0 fully saturated rings. The quantitative estimate of drug-likeness (QED) is 0.619. The lowest BCUT2D eigenvalue weighted by Crippen LogP contribution is -1.97. The van der Waals surface area contributed by atoms with Crippen molar-refractivity contribution in [3.63, 3.8) is 0 Å². The molecule has 0 aliphatic heterocycles. The van der Waals surface area contributed by atoms with Gasteiger partial charge in [-0.15, -0.1) is 0 Å². The molecule has 0 saturated carbocycles. The van der Waals surface area contributed by atoms with Gasteiger partial charge >= 0.3 is 0 Å². The third-order valence-electron chi connectivity index (χ3n) is 2.43. The number of hydrogen-bond acceptors (Lipinski definition) is 1. The van der Waals surface area contributed by atoms with Crippen LogP contribution in [0.15, 0.2) is 48.5 Å². The van der Waals surface area contributed by atoms with Gasteiger partial charge in [-0.2, -0.15) is 0 Å². The molecule has 0 amide bonds. The summed E-state index contributed by atoms with van der Waals surface area (Å²) in [4.78, 5) is 0. The summed E-state index contributed by atoms with van der Waals surface area (Å²) in [5.41, 5.74) is 2.50. The standard InChI is InChI=1S/C14H12I2O/c15-13-7-3-1-5-11(13)9-17-10-12-6-2-4-8-14(12)16/h1-8H,9-10H2. The Bertz CT molecular complexity index is 452. The molecule has 88 valence electrons. The lowest BCUT2D eigenvalue weighted by molar-refractivity contribution is 0.106. The first-order chi connectivity index (χ1) is 8.27. The van der Waals surface area contributed by atoms with Crippen LogP contribution in [0.5, 0.6) is 0 Å². The Balaban J connectivity index is 1.93. The topological polar surface area (TPSA) is 9.23 Å². The monoisotopic (exact) mass is 450 g/mol. The number of rotatable bonds is 4. The average Bonchev–Trinajstić information content (AvgIpc) is 2.34. The highest BCUT2D eigenvalue weighted by molar-refractivity contribution is 14.1. The van der Waals surface area contributed by atoms with Crippen LogP contribution >= 0.6 is 45.2 Å². The first kappa shape index (κ1) is 13.3. The molecule has 2 aromatic carbocycles. The average molecular weight is 450 g/mol. The predicted molar refractivity (Wildman–Crippen MR) is 86.8 cm³/mol. The second-order valence-electron chi connectivity index (χ2n) is 3.68. The van der Waals surface area contributed by atoms with E-state index in [-0.39, 0.29) is 0 Å². The van der Waals surface area contributed by atoms with Crippen molar-refractivity contribution >= 4 is 45.2 Å². The summed E-state index contributed by atoms with van der Waals surface area (Å²) >= 11 is 4.68. The van der Waals surface area contributed by atoms with Crippen LogP contribution in [0.4, 0.5) is 0 Å². The third kappa shape index (κ3) is 3.93. The molecule has 0 N–H and O–H groups in total. The molecule has 0 heterocycles. The zero-order valence-corrected chi connectivity index (χ0v) is 13.5. The Morgan fingerprint density at radius 3 is 1.53 bits per heavy atom. The molecule has 0 aliphatic rings. The minimum absolute atomic E-state index is 0.671. The molecular weight excluding hydrogens is 438 g/mol. The first-order valence-corrected chi connectivity index (χ1v) is 7.47. The summed E-state index contributed by atoms with van der Waals surface area (Å²) in [5, 5.41) is 0. The fraction of sp³-hybridized carbons (Fsp3) is 0.143. The molecular formula is C14H12I2O. The molecule has 0 spiro atoms. The van der Waals surface area contributed by atoms with Crippen LogP contribution in [0, 0.1) is 7.14 Å². The van der Waals surface area contributed by atoms with Crippen molar-refractivity contribution in [1.29, 1.82) is 0 Å². The van der Waals surface area contributed by atoms with E-state index in [1.165, 1.54) is 18.3 Å². The molecule has 0 saturated heterocycles. The highest BCUT2D eigenvalue weighted by atomic mass is 127. The molecule has 0 radical (unpaired) electrons. The van der Waals surface area contributed by atoms with Crippen molar-refractivity contribution in [2.75, 3.05) is 0 Å². The van der Waals surface area contributed by atoms with Gasteiger partial charge in [0.1, 0.15) is 0 Å². The van der Waals surface area contributed by atoms with Crippen molar-refractivity contribution in [2.24, 2.45) is 0 Å². The third-order valence-corrected chi connectivity index (χ3v) is 4.54. The molecule has 2 rings (SSSR count). The summed E-state index contributed by atoms with van der Waals surface area (Å²) in [6, 6.07) is 16.6. The molecule has 2 aromatic rings. The van der Waals surface area contributed by atoms with Gasteiger partial charge in [-0.1, -0.05) is 36.4 Å². The maximum absolute atomic E-state index is 5.76. The number of benzene rings is 2. The Labute approximate surface area is 129 Å². The van der Waals surface area contributed by atoms with E-state index in [9.17, 15) is 0 Å². The van der Waals surface area contributed by atoms with Crippen molar-refractivity contribution in [2.45, 2.75) is 13.2 Å². The van der Waals surface area contributed by atoms with Gasteiger partial charge < -0.3 is 4.74 Å². The lowest BCUT2D eigenvalue weighted by atomic mass is 10.2. The van der Waals surface area contributed by atoms with Crippen LogP contribution in [0.3, 0.4) is 0 Å². The van der Waals surface area contributed by atoms with Crippen molar-refractivity contribution in [3.05, 3.63) is 66.8 Å². The van der Waals surface area contributed by atoms with Crippen molar-refractivity contribution in [3.8, 4) is 0 Å². The molecule has 0 atom stereocenters. The zero-order valence-electron chi connectivity index (χ0n) is 9.20. The Hall–Kier alpha value is -0.140. The van der Waals surface area contributed by atoms with E-state index in [1.807, 2.05) is 24.3 Å². The normalized spacial score (nSPS) is 10.5. The summed E-state index contributed by atoms with van der Waals surface area (Å²) in [5.74, 6) is 0. The predicted octanol–water partition coefficient (Wildman–Crippen LogP) is 4.61. The summed E-state index contributed by atoms with van der Waals surface area (Å²) in [6.45, 7) is 1.34. The largest absolute Gasteiger partial charge is 0.372 e. The van der Waals surface area contributed by atoms with Crippen LogP contribution in [-0.4, -0.2) is 0 Å². The Morgan fingerprint density at radius 1 is 0.706 bits per heavy atom. The maximum Gasteiger partial charge on any atom is 0.0731 e. The van der Waals surface area contributed by atoms with Gasteiger partial charge in [-0.3, -0.25) is 0 Å². The Morgan fingerprint density at radius 2 is 1.12 bits per heavy atom. The van der Waals surface area contributed by atoms with Gasteiger partial charge in [0.25, 0.3) is 0 Å². The van der Waals surface area contributed by atoms with Crippen LogP contribution in [0.25, 0.3) is 0 Å². The molecule has 0 unspecified atom stereocenters. The summed E-state index contributed by atoms with van der Waals surface area (Å²) in [7, 11) is 0. The summed E-state index contributed by atoms with van der Waals surface area (Å²) in [6.07, 6.45) is 0. The smallest absolute Gasteiger partial charge is 0.0731 e. The van der Waals surface area contributed by atoms with Crippen LogP contribution < -0.4 is 0 Å². The molecule has 3 heteroatoms. The molecule has 0 bridgehead atoms. The van der Waals surface area contributed by atoms with E-state index in [0.717, 1.165) is 0 Å². The number of hydrogen-bond donors (Lipinski definition) is 0. The molecule has 0 aromatic heterocycles. The van der Waals surface area contributed by atoms with Gasteiger partial charge in [-0.05, 0) is 68.4 Å². The van der Waals surface area contributed by atoms with E-state index < -0.39 is 0 Å². The minimum Gasteiger partial charge on any atom is -0.372 e. The highest BCUT2D eigenvalue weighted by Gasteiger charge is 2.01. The van der Waals surface area contributed by atoms with E-state index >= 15 is 0 Å². The van der Waals surface area contributed by atoms with Crippen molar-refractivity contribution in [1.82, 2.24) is 0 Å². The van der Waals surface area contributed by atoms with E-state index in [1.54, 1.807) is 0 Å². The van der Waals surface area contributed by atoms with E-state index in [0.29, 0.717) is 13.2 Å². The fourth-order valence-electron chi connectivity index (χ4n) is 1.50. The summed E-state index contributed by atoms with van der Waals surface area (Å²) < 4.78 is 8.27. The zero-order chi connectivity index (χ0) is 12.1. The number of halogens is 2. The van der Waals surface area contributed by atoms with Gasteiger partial charge in [0.05, 0.1) is 13.2 Å². The second-order valence-corrected chi connectivity index (χ2v) is 6.00. The van der Waals surface area contributed by atoms with Crippen LogP contribution in [-0.2, 0) is 18.0 Å². The minimum atomic E-state index is 0.671. The van der Waals surface area contributed by atoms with E-state index in [2.05, 4.69) is 69.4 Å². The van der Waals surface area contributed by atoms with E-state index in [4.69, 9.17) is 4.74 Å². The molecule has 1 nitrogen and oxygen atoms in total. The van der Waals surface area contributed by atoms with Gasteiger partial charge in [0, 0.05) is 7.14 Å². The maximum atomic E-state index is 5.76. The fourth-order valence-corrected chi connectivity index (χ4v) is 2.59. The van der Waals surface area contributed by atoms with Gasteiger partial charge in [0.2, 0.25) is 0 Å². The van der Waals surface area contributed by atoms with Crippen molar-refractivity contribution < 1.29 is 4.74 Å². The lowest BCUT2D eigenvalue weighted by Gasteiger charge is -2.07. The van der Waals surface area contributed by atoms with Gasteiger partial charge in [-0.25, -0.2) is 0 Å². The number of ether oxygens (including phenoxy) is 1. The van der Waals surface area contributed by atoms with Crippen LogP contribution in [0.1, 0.15) is 11.1 Å². The second kappa shape index (κ2) is 6.70.